The summed E-state index contributed by atoms with van der Waals surface area (Å²) in [5, 5.41) is 11.3. The Morgan fingerprint density at radius 2 is 2.05 bits per heavy atom. The monoisotopic (exact) mass is 266 g/mol. The van der Waals surface area contributed by atoms with Gasteiger partial charge in [0, 0.05) is 13.2 Å². The number of carbonyl (C=O) groups is 1. The summed E-state index contributed by atoms with van der Waals surface area (Å²) in [6, 6.07) is 6.96. The molecule has 5 nitrogen and oxygen atoms in total. The zero-order valence-corrected chi connectivity index (χ0v) is 11.3. The van der Waals surface area contributed by atoms with Crippen molar-refractivity contribution in [2.24, 2.45) is 5.73 Å². The molecule has 0 saturated carbocycles. The Hall–Kier alpha value is -1.43. The Morgan fingerprint density at radius 3 is 2.68 bits per heavy atom. The Morgan fingerprint density at radius 1 is 1.37 bits per heavy atom. The summed E-state index contributed by atoms with van der Waals surface area (Å²) in [5.74, 6) is -0.189. The average molecular weight is 266 g/mol. The molecule has 0 radical (unpaired) electrons. The number of aliphatic hydroxyl groups excluding tert-OH is 1. The van der Waals surface area contributed by atoms with Crippen LogP contribution in [0.25, 0.3) is 0 Å². The molecule has 0 aliphatic rings. The molecule has 0 spiro atoms. The van der Waals surface area contributed by atoms with Crippen molar-refractivity contribution < 1.29 is 14.6 Å². The number of nitrogens with two attached hydrogens (primary N) is 1. The molecule has 1 aromatic carbocycles. The number of hydrogen-bond acceptors (Lipinski definition) is 4. The van der Waals surface area contributed by atoms with Gasteiger partial charge in [0.1, 0.15) is 6.04 Å². The SMILES string of the molecule is Cc1ccc(C(N)C(=O)NCCCOCCO)cc1. The number of amides is 1. The van der Waals surface area contributed by atoms with Crippen LogP contribution in [-0.2, 0) is 9.53 Å². The van der Waals surface area contributed by atoms with E-state index in [1.165, 1.54) is 0 Å². The van der Waals surface area contributed by atoms with Crippen LogP contribution in [0.15, 0.2) is 24.3 Å². The summed E-state index contributed by atoms with van der Waals surface area (Å²) in [6.45, 7) is 3.37. The fourth-order valence-corrected chi connectivity index (χ4v) is 1.59. The highest BCUT2D eigenvalue weighted by Crippen LogP contribution is 2.11. The standard InChI is InChI=1S/C14H22N2O3/c1-11-3-5-12(6-4-11)13(15)14(18)16-7-2-9-19-10-8-17/h3-6,13,17H,2,7-10,15H2,1H3,(H,16,18). The maximum absolute atomic E-state index is 11.8. The number of benzene rings is 1. The highest BCUT2D eigenvalue weighted by atomic mass is 16.5. The number of carbonyl (C=O) groups excluding carboxylic acids is 1. The van der Waals surface area contributed by atoms with Crippen LogP contribution in [0, 0.1) is 6.92 Å². The van der Waals surface area contributed by atoms with Crippen LogP contribution in [0.3, 0.4) is 0 Å². The fraction of sp³-hybridized carbons (Fsp3) is 0.500. The summed E-state index contributed by atoms with van der Waals surface area (Å²) in [6.07, 6.45) is 0.701. The topological polar surface area (TPSA) is 84.6 Å². The van der Waals surface area contributed by atoms with Gasteiger partial charge in [-0.05, 0) is 18.9 Å². The zero-order chi connectivity index (χ0) is 14.1. The summed E-state index contributed by atoms with van der Waals surface area (Å²) < 4.78 is 5.09. The first-order valence-corrected chi connectivity index (χ1v) is 6.43. The first kappa shape index (κ1) is 15.6. The first-order valence-electron chi connectivity index (χ1n) is 6.43. The number of rotatable bonds is 8. The lowest BCUT2D eigenvalue weighted by atomic mass is 10.1. The molecule has 0 fully saturated rings. The van der Waals surface area contributed by atoms with Crippen LogP contribution in [0.2, 0.25) is 0 Å². The van der Waals surface area contributed by atoms with Crippen LogP contribution < -0.4 is 11.1 Å². The smallest absolute Gasteiger partial charge is 0.241 e. The molecule has 0 aromatic heterocycles. The first-order chi connectivity index (χ1) is 9.15. The Balaban J connectivity index is 2.27. The molecule has 5 heteroatoms. The number of aliphatic hydroxyl groups is 1. The molecular formula is C14H22N2O3. The molecule has 106 valence electrons. The van der Waals surface area contributed by atoms with Crippen molar-refractivity contribution in [2.45, 2.75) is 19.4 Å². The number of ether oxygens (including phenoxy) is 1. The maximum Gasteiger partial charge on any atom is 0.241 e. The molecule has 1 amide bonds. The van der Waals surface area contributed by atoms with E-state index in [9.17, 15) is 4.79 Å². The molecule has 0 aliphatic heterocycles. The molecule has 0 heterocycles. The van der Waals surface area contributed by atoms with Crippen molar-refractivity contribution in [3.05, 3.63) is 35.4 Å². The van der Waals surface area contributed by atoms with Gasteiger partial charge in [0.25, 0.3) is 0 Å². The van der Waals surface area contributed by atoms with Crippen molar-refractivity contribution in [2.75, 3.05) is 26.4 Å². The third kappa shape index (κ3) is 5.83. The maximum atomic E-state index is 11.8. The van der Waals surface area contributed by atoms with Crippen molar-refractivity contribution in [1.82, 2.24) is 5.32 Å². The third-order valence-corrected chi connectivity index (χ3v) is 2.72. The van der Waals surface area contributed by atoms with Gasteiger partial charge in [-0.1, -0.05) is 29.8 Å². The third-order valence-electron chi connectivity index (χ3n) is 2.72. The minimum absolute atomic E-state index is 0.0185. The Bertz CT molecular complexity index is 379. The van der Waals surface area contributed by atoms with Crippen LogP contribution >= 0.6 is 0 Å². The molecular weight excluding hydrogens is 244 g/mol. The highest BCUT2D eigenvalue weighted by molar-refractivity contribution is 5.82. The molecule has 0 bridgehead atoms. The molecule has 1 aromatic rings. The largest absolute Gasteiger partial charge is 0.394 e. The lowest BCUT2D eigenvalue weighted by Gasteiger charge is -2.12. The van der Waals surface area contributed by atoms with Crippen LogP contribution in [-0.4, -0.2) is 37.4 Å². The molecule has 19 heavy (non-hydrogen) atoms. The second kappa shape index (κ2) is 8.63. The molecule has 0 aliphatic carbocycles. The quantitative estimate of drug-likeness (QED) is 0.599. The second-order valence-corrected chi connectivity index (χ2v) is 4.37. The summed E-state index contributed by atoms with van der Waals surface area (Å²) in [4.78, 5) is 11.8. The van der Waals surface area contributed by atoms with E-state index >= 15 is 0 Å². The van der Waals surface area contributed by atoms with E-state index in [1.54, 1.807) is 0 Å². The van der Waals surface area contributed by atoms with E-state index in [0.29, 0.717) is 26.2 Å². The van der Waals surface area contributed by atoms with Crippen LogP contribution in [0.1, 0.15) is 23.6 Å². The summed E-state index contributed by atoms with van der Waals surface area (Å²) in [5.41, 5.74) is 7.82. The lowest BCUT2D eigenvalue weighted by molar-refractivity contribution is -0.122. The van der Waals surface area contributed by atoms with Gasteiger partial charge in [-0.3, -0.25) is 4.79 Å². The van der Waals surface area contributed by atoms with Crippen molar-refractivity contribution in [3.8, 4) is 0 Å². The molecule has 1 unspecified atom stereocenters. The summed E-state index contributed by atoms with van der Waals surface area (Å²) in [7, 11) is 0. The van der Waals surface area contributed by atoms with Crippen molar-refractivity contribution in [1.29, 1.82) is 0 Å². The zero-order valence-electron chi connectivity index (χ0n) is 11.3. The molecule has 0 saturated heterocycles. The van der Waals surface area contributed by atoms with E-state index in [2.05, 4.69) is 5.32 Å². The predicted octanol–water partition coefficient (Wildman–Crippen LogP) is 0.510. The van der Waals surface area contributed by atoms with Gasteiger partial charge in [0.05, 0.1) is 13.2 Å². The molecule has 4 N–H and O–H groups in total. The van der Waals surface area contributed by atoms with Gasteiger partial charge in [-0.15, -0.1) is 0 Å². The van der Waals surface area contributed by atoms with E-state index in [1.807, 2.05) is 31.2 Å². The van der Waals surface area contributed by atoms with Gasteiger partial charge in [0.2, 0.25) is 5.91 Å². The van der Waals surface area contributed by atoms with Gasteiger partial charge in [-0.25, -0.2) is 0 Å². The normalized spacial score (nSPS) is 12.2. The number of hydrogen-bond donors (Lipinski definition) is 3. The van der Waals surface area contributed by atoms with E-state index in [-0.39, 0.29) is 12.5 Å². The fourth-order valence-electron chi connectivity index (χ4n) is 1.59. The van der Waals surface area contributed by atoms with Gasteiger partial charge < -0.3 is 20.9 Å². The van der Waals surface area contributed by atoms with Crippen LogP contribution in [0.4, 0.5) is 0 Å². The molecule has 1 rings (SSSR count). The average Bonchev–Trinajstić information content (AvgIpc) is 2.42. The van der Waals surface area contributed by atoms with Gasteiger partial charge >= 0.3 is 0 Å². The van der Waals surface area contributed by atoms with Gasteiger partial charge in [-0.2, -0.15) is 0 Å². The van der Waals surface area contributed by atoms with Crippen LogP contribution in [0.5, 0.6) is 0 Å². The number of nitrogens with one attached hydrogen (secondary N) is 1. The summed E-state index contributed by atoms with van der Waals surface area (Å²) >= 11 is 0. The number of aryl methyl sites for hydroxylation is 1. The molecule has 1 atom stereocenters. The Kier molecular flexibility index (Phi) is 7.10. The van der Waals surface area contributed by atoms with E-state index < -0.39 is 6.04 Å². The van der Waals surface area contributed by atoms with E-state index in [4.69, 9.17) is 15.6 Å². The highest BCUT2D eigenvalue weighted by Gasteiger charge is 2.14. The predicted molar refractivity (Wildman–Crippen MR) is 73.6 cm³/mol. The Labute approximate surface area is 113 Å². The van der Waals surface area contributed by atoms with Crippen molar-refractivity contribution in [3.63, 3.8) is 0 Å². The second-order valence-electron chi connectivity index (χ2n) is 4.37. The minimum atomic E-state index is -0.640. The lowest BCUT2D eigenvalue weighted by Crippen LogP contribution is -2.35. The van der Waals surface area contributed by atoms with Gasteiger partial charge in [0.15, 0.2) is 0 Å². The van der Waals surface area contributed by atoms with E-state index in [0.717, 1.165) is 11.1 Å². The minimum Gasteiger partial charge on any atom is -0.394 e. The van der Waals surface area contributed by atoms with Crippen molar-refractivity contribution >= 4 is 5.91 Å².